The number of hydrogen-bond donors (Lipinski definition) is 4. The Morgan fingerprint density at radius 2 is 1.79 bits per heavy atom. The first-order valence-electron chi connectivity index (χ1n) is 21.6. The first-order valence-corrected chi connectivity index (χ1v) is 21.6. The highest BCUT2D eigenvalue weighted by Crippen LogP contribution is 2.43. The molecule has 3 aliphatic heterocycles. The molecule has 14 atom stereocenters. The fraction of sp³-hybridized carbons (Fsp3) is 0.674. The monoisotopic (exact) mass is 855 g/mol. The van der Waals surface area contributed by atoms with Gasteiger partial charge in [-0.1, -0.05) is 52.0 Å². The molecule has 4 N–H and O–H groups in total. The third-order valence-corrected chi connectivity index (χ3v) is 12.9. The molecule has 0 aliphatic carbocycles. The van der Waals surface area contributed by atoms with E-state index in [1.165, 1.54) is 0 Å². The van der Waals surface area contributed by atoms with Gasteiger partial charge < -0.3 is 54.0 Å². The standard InChI is InChI=1S/C46H70N4O11/c1-12-37-46(9,55)41-30(5)35(18-21-56-44(54)47-24-33-14-16-34(17-15-33)50-20-13-19-48-50)28(3)23-45(8,58-26-27(2)25-57-41)40(31(6)38(51)32(7)42(53)60-37)61-43-39(52)36(49(10)11)22-29(4)59-43/h13-20,28-32,36-41,43,51-52,55H,2,12,21-26H2,1,3-11H3,(H,47,54)/b35-18+/t28-,29-,30+,31+,32-,36+,37-,38+,39-,40-,41?,43?,45-,46-/m1/s1. The lowest BCUT2D eigenvalue weighted by atomic mass is 9.72. The molecule has 1 amide bonds. The molecule has 1 aromatic heterocycles. The number of likely N-dealkylation sites (N-methyl/N-ethyl adjacent to an activating group) is 1. The number of aliphatic hydroxyl groups excluding tert-OH is 2. The summed E-state index contributed by atoms with van der Waals surface area (Å²) in [5, 5.41) is 43.2. The first kappa shape index (κ1) is 48.4. The summed E-state index contributed by atoms with van der Waals surface area (Å²) in [5.41, 5.74) is 0.237. The van der Waals surface area contributed by atoms with Gasteiger partial charge in [0.25, 0.3) is 0 Å². The minimum atomic E-state index is -1.72. The number of fused-ring (bicyclic) bond motifs is 5. The zero-order valence-corrected chi connectivity index (χ0v) is 37.7. The van der Waals surface area contributed by atoms with E-state index in [0.717, 1.165) is 16.8 Å². The zero-order valence-electron chi connectivity index (χ0n) is 37.7. The van der Waals surface area contributed by atoms with Crippen LogP contribution in [0.1, 0.15) is 80.2 Å². The Morgan fingerprint density at radius 3 is 2.43 bits per heavy atom. The summed E-state index contributed by atoms with van der Waals surface area (Å²) in [5.74, 6) is -3.32. The molecule has 3 aliphatic rings. The molecule has 61 heavy (non-hydrogen) atoms. The third-order valence-electron chi connectivity index (χ3n) is 12.9. The van der Waals surface area contributed by atoms with Crippen molar-refractivity contribution in [3.8, 4) is 5.69 Å². The number of carbonyl (C=O) groups is 2. The van der Waals surface area contributed by atoms with Crippen LogP contribution < -0.4 is 5.32 Å². The average Bonchev–Trinajstić information content (AvgIpc) is 3.76. The number of aromatic nitrogens is 2. The molecular weight excluding hydrogens is 785 g/mol. The van der Waals surface area contributed by atoms with Crippen LogP contribution in [0.25, 0.3) is 5.69 Å². The molecule has 15 heteroatoms. The lowest BCUT2D eigenvalue weighted by molar-refractivity contribution is -0.303. The summed E-state index contributed by atoms with van der Waals surface area (Å²) in [7, 11) is 3.79. The van der Waals surface area contributed by atoms with Crippen molar-refractivity contribution < 1.29 is 53.3 Å². The molecule has 3 fully saturated rings. The molecule has 15 nitrogen and oxygen atoms in total. The van der Waals surface area contributed by atoms with Crippen LogP contribution in [0.5, 0.6) is 0 Å². The Bertz CT molecular complexity index is 1790. The molecule has 0 spiro atoms. The van der Waals surface area contributed by atoms with Crippen LogP contribution >= 0.6 is 0 Å². The highest BCUT2D eigenvalue weighted by atomic mass is 16.7. The van der Waals surface area contributed by atoms with Crippen LogP contribution in [0.2, 0.25) is 0 Å². The van der Waals surface area contributed by atoms with E-state index in [4.69, 9.17) is 28.4 Å². The largest absolute Gasteiger partial charge is 0.459 e. The van der Waals surface area contributed by atoms with Crippen molar-refractivity contribution in [2.75, 3.05) is 33.9 Å². The molecule has 340 valence electrons. The molecule has 2 bridgehead atoms. The van der Waals surface area contributed by atoms with Gasteiger partial charge in [0, 0.05) is 36.8 Å². The van der Waals surface area contributed by atoms with Crippen LogP contribution in [-0.2, 0) is 39.8 Å². The van der Waals surface area contributed by atoms with E-state index in [-0.39, 0.29) is 50.8 Å². The predicted octanol–water partition coefficient (Wildman–Crippen LogP) is 4.95. The van der Waals surface area contributed by atoms with Crippen molar-refractivity contribution in [2.24, 2.45) is 23.7 Å². The second kappa shape index (κ2) is 20.7. The van der Waals surface area contributed by atoms with Crippen molar-refractivity contribution in [3.63, 3.8) is 0 Å². The lowest BCUT2D eigenvalue weighted by Gasteiger charge is -2.48. The number of nitrogens with one attached hydrogen (secondary N) is 1. The number of benzene rings is 1. The SMILES string of the molecule is C=C1COC2[C@@H](C)/C(=C/COC(=O)NCc3ccc(-n4cccn4)cc3)[C@H](C)C[C@@](C)(OC1)[C@H](OC1O[C@H](C)C[C@H](N(C)C)[C@H]1O)[C@@H](C)[C@H](O)[C@@H](C)C(=O)O[C@H](CC)[C@@]2(C)O. The van der Waals surface area contributed by atoms with Crippen LogP contribution in [0, 0.1) is 23.7 Å². The van der Waals surface area contributed by atoms with Crippen LogP contribution in [0.15, 0.2) is 66.5 Å². The van der Waals surface area contributed by atoms with Gasteiger partial charge in [-0.05, 0) is 102 Å². The number of carbonyl (C=O) groups excluding carboxylic acids is 2. The fourth-order valence-corrected chi connectivity index (χ4v) is 9.40. The van der Waals surface area contributed by atoms with E-state index in [0.29, 0.717) is 18.4 Å². The average molecular weight is 855 g/mol. The molecule has 0 radical (unpaired) electrons. The number of ether oxygens (including phenoxy) is 6. The van der Waals surface area contributed by atoms with Crippen LogP contribution in [-0.4, -0.2) is 136 Å². The number of amides is 1. The van der Waals surface area contributed by atoms with Crippen molar-refractivity contribution in [1.29, 1.82) is 0 Å². The molecule has 2 unspecified atom stereocenters. The zero-order chi connectivity index (χ0) is 44.8. The summed E-state index contributed by atoms with van der Waals surface area (Å²) >= 11 is 0. The molecule has 2 aromatic rings. The summed E-state index contributed by atoms with van der Waals surface area (Å²) in [6.07, 6.45) is -0.635. The Labute approximate surface area is 361 Å². The number of hydrogen-bond acceptors (Lipinski definition) is 13. The van der Waals surface area contributed by atoms with Gasteiger partial charge in [-0.25, -0.2) is 9.48 Å². The maximum Gasteiger partial charge on any atom is 0.407 e. The molecule has 1 aromatic carbocycles. The van der Waals surface area contributed by atoms with E-state index in [9.17, 15) is 24.9 Å². The van der Waals surface area contributed by atoms with E-state index in [1.807, 2.05) is 96.2 Å². The van der Waals surface area contributed by atoms with E-state index in [1.54, 1.807) is 31.6 Å². The summed E-state index contributed by atoms with van der Waals surface area (Å²) in [6, 6.07) is 9.23. The smallest absolute Gasteiger partial charge is 0.407 e. The Balaban J connectivity index is 1.51. The number of alkyl carbamates (subject to hydrolysis) is 1. The van der Waals surface area contributed by atoms with E-state index >= 15 is 0 Å². The topological polar surface area (TPSA) is 183 Å². The van der Waals surface area contributed by atoms with Crippen molar-refractivity contribution in [2.45, 2.75) is 141 Å². The Kier molecular flexibility index (Phi) is 16.4. The van der Waals surface area contributed by atoms with Gasteiger partial charge in [0.15, 0.2) is 6.29 Å². The lowest BCUT2D eigenvalue weighted by Crippen LogP contribution is -2.60. The van der Waals surface area contributed by atoms with Crippen molar-refractivity contribution >= 4 is 12.1 Å². The van der Waals surface area contributed by atoms with Gasteiger partial charge in [0.05, 0.1) is 54.8 Å². The quantitative estimate of drug-likeness (QED) is 0.197. The summed E-state index contributed by atoms with van der Waals surface area (Å²) < 4.78 is 40.1. The van der Waals surface area contributed by atoms with Crippen LogP contribution in [0.3, 0.4) is 0 Å². The minimum Gasteiger partial charge on any atom is -0.459 e. The van der Waals surface area contributed by atoms with Crippen molar-refractivity contribution in [1.82, 2.24) is 20.0 Å². The number of aliphatic hydroxyl groups is 3. The second-order valence-electron chi connectivity index (χ2n) is 18.1. The molecular formula is C46H70N4O11. The minimum absolute atomic E-state index is 0.0156. The number of esters is 1. The Morgan fingerprint density at radius 1 is 1.08 bits per heavy atom. The summed E-state index contributed by atoms with van der Waals surface area (Å²) in [6.45, 7) is 19.1. The van der Waals surface area contributed by atoms with Gasteiger partial charge in [-0.2, -0.15) is 5.10 Å². The van der Waals surface area contributed by atoms with Crippen molar-refractivity contribution in [3.05, 3.63) is 72.1 Å². The molecule has 0 saturated carbocycles. The highest BCUT2D eigenvalue weighted by molar-refractivity contribution is 5.73. The predicted molar refractivity (Wildman–Crippen MR) is 228 cm³/mol. The molecule has 5 rings (SSSR count). The van der Waals surface area contributed by atoms with Crippen LogP contribution in [0.4, 0.5) is 4.79 Å². The normalized spacial score (nSPS) is 37.6. The van der Waals surface area contributed by atoms with Gasteiger partial charge >= 0.3 is 12.1 Å². The Hall–Kier alpha value is -3.67. The third kappa shape index (κ3) is 11.5. The van der Waals surface area contributed by atoms with Gasteiger partial charge in [-0.15, -0.1) is 0 Å². The maximum atomic E-state index is 13.9. The molecule has 4 heterocycles. The molecule has 3 saturated heterocycles. The van der Waals surface area contributed by atoms with E-state index < -0.39 is 77.8 Å². The van der Waals surface area contributed by atoms with Gasteiger partial charge in [0.2, 0.25) is 0 Å². The maximum absolute atomic E-state index is 13.9. The first-order chi connectivity index (χ1) is 28.8. The number of cyclic esters (lactones) is 1. The van der Waals surface area contributed by atoms with E-state index in [2.05, 4.69) is 17.0 Å². The summed E-state index contributed by atoms with van der Waals surface area (Å²) in [4.78, 5) is 28.9. The number of rotatable bonds is 9. The second-order valence-corrected chi connectivity index (χ2v) is 18.1. The fourth-order valence-electron chi connectivity index (χ4n) is 9.40. The highest BCUT2D eigenvalue weighted by Gasteiger charge is 2.52. The number of nitrogens with zero attached hydrogens (tertiary/aromatic N) is 3. The van der Waals surface area contributed by atoms with Gasteiger partial charge in [0.1, 0.15) is 24.4 Å². The van der Waals surface area contributed by atoms with Gasteiger partial charge in [-0.3, -0.25) is 4.79 Å².